The monoisotopic (exact) mass is 531 g/mol. The van der Waals surface area contributed by atoms with E-state index in [0.29, 0.717) is 41.9 Å². The number of aromatic amines is 1. The second-order valence-electron chi connectivity index (χ2n) is 8.99. The number of fused-ring (bicyclic) bond motifs is 2. The Morgan fingerprint density at radius 2 is 1.88 bits per heavy atom. The lowest BCUT2D eigenvalue weighted by molar-refractivity contribution is 0.102. The van der Waals surface area contributed by atoms with Crippen molar-refractivity contribution in [1.82, 2.24) is 25.1 Å². The van der Waals surface area contributed by atoms with Crippen LogP contribution < -0.4 is 15.4 Å². The van der Waals surface area contributed by atoms with Gasteiger partial charge in [-0.1, -0.05) is 12.1 Å². The minimum Gasteiger partial charge on any atom is -0.491 e. The lowest BCUT2D eigenvalue weighted by atomic mass is 10.1. The zero-order valence-electron chi connectivity index (χ0n) is 21.6. The van der Waals surface area contributed by atoms with Crippen molar-refractivity contribution in [3.63, 3.8) is 0 Å². The highest BCUT2D eigenvalue weighted by Gasteiger charge is 2.13. The summed E-state index contributed by atoms with van der Waals surface area (Å²) in [7, 11) is 1.64. The number of methoxy groups -OCH3 is 1. The van der Waals surface area contributed by atoms with Crippen LogP contribution in [-0.2, 0) is 4.74 Å². The van der Waals surface area contributed by atoms with Gasteiger partial charge in [0.25, 0.3) is 5.91 Å². The van der Waals surface area contributed by atoms with Crippen LogP contribution >= 0.6 is 0 Å². The van der Waals surface area contributed by atoms with E-state index < -0.39 is 0 Å². The van der Waals surface area contributed by atoms with Gasteiger partial charge in [0.15, 0.2) is 5.82 Å². The zero-order chi connectivity index (χ0) is 27.3. The number of nitrogens with zero attached hydrogens (tertiary/aromatic N) is 4. The first-order chi connectivity index (χ1) is 19.7. The number of hydrogen-bond acceptors (Lipinski definition) is 8. The number of carbonyl (C=O) groups excluding carboxylic acids is 1. The Hall–Kier alpha value is -5.35. The third kappa shape index (κ3) is 5.42. The number of rotatable bonds is 9. The highest BCUT2D eigenvalue weighted by molar-refractivity contribution is 6.04. The van der Waals surface area contributed by atoms with Gasteiger partial charge in [0, 0.05) is 47.2 Å². The molecule has 0 unspecified atom stereocenters. The van der Waals surface area contributed by atoms with E-state index in [1.165, 1.54) is 6.20 Å². The molecule has 198 valence electrons. The van der Waals surface area contributed by atoms with Gasteiger partial charge < -0.3 is 20.1 Å². The lowest BCUT2D eigenvalue weighted by Crippen LogP contribution is -2.12. The van der Waals surface area contributed by atoms with Gasteiger partial charge in [0.2, 0.25) is 0 Å². The summed E-state index contributed by atoms with van der Waals surface area (Å²) in [6, 6.07) is 22.5. The number of carbonyl (C=O) groups is 1. The molecule has 3 aromatic heterocycles. The quantitative estimate of drug-likeness (QED) is 0.206. The van der Waals surface area contributed by atoms with Crippen LogP contribution in [0.1, 0.15) is 10.4 Å². The predicted octanol–water partition coefficient (Wildman–Crippen LogP) is 5.59. The van der Waals surface area contributed by atoms with Crippen molar-refractivity contribution in [1.29, 1.82) is 0 Å². The molecule has 0 radical (unpaired) electrons. The van der Waals surface area contributed by atoms with Crippen LogP contribution in [0.15, 0.2) is 91.4 Å². The normalized spacial score (nSPS) is 11.0. The summed E-state index contributed by atoms with van der Waals surface area (Å²) in [6.07, 6.45) is 4.93. The standard InChI is InChI=1S/C30H25N7O3/c1-39-12-13-40-24-8-10-27-25(16-24)29(33-23-7-9-26-21(15-23)18-32-37-26)36-28(35-27)19-4-2-6-22(14-19)34-30(38)20-5-3-11-31-17-20/h2-11,14-18H,12-13H2,1H3,(H,32,37)(H,34,38)(H,33,35,36). The molecule has 0 fully saturated rings. The summed E-state index contributed by atoms with van der Waals surface area (Å²) in [5.41, 5.74) is 4.37. The van der Waals surface area contributed by atoms with E-state index in [-0.39, 0.29) is 5.91 Å². The third-order valence-corrected chi connectivity index (χ3v) is 6.23. The molecule has 40 heavy (non-hydrogen) atoms. The summed E-state index contributed by atoms with van der Waals surface area (Å²) < 4.78 is 11.0. The van der Waals surface area contributed by atoms with Crippen molar-refractivity contribution in [3.05, 3.63) is 97.0 Å². The van der Waals surface area contributed by atoms with Crippen LogP contribution in [-0.4, -0.2) is 51.4 Å². The molecule has 3 heterocycles. The van der Waals surface area contributed by atoms with Crippen molar-refractivity contribution < 1.29 is 14.3 Å². The van der Waals surface area contributed by atoms with Crippen LogP contribution in [0.5, 0.6) is 5.75 Å². The van der Waals surface area contributed by atoms with Gasteiger partial charge in [-0.2, -0.15) is 5.10 Å². The summed E-state index contributed by atoms with van der Waals surface area (Å²) in [5.74, 6) is 1.56. The summed E-state index contributed by atoms with van der Waals surface area (Å²) in [4.78, 5) is 26.4. The SMILES string of the molecule is COCCOc1ccc2nc(-c3cccc(NC(=O)c4cccnc4)c3)nc(Nc3ccc4[nH]ncc4c3)c2c1. The molecule has 10 nitrogen and oxygen atoms in total. The molecular formula is C30H25N7O3. The number of hydrogen-bond donors (Lipinski definition) is 3. The van der Waals surface area contributed by atoms with E-state index in [1.54, 1.807) is 31.6 Å². The van der Waals surface area contributed by atoms with E-state index in [0.717, 1.165) is 33.1 Å². The maximum atomic E-state index is 12.7. The topological polar surface area (TPSA) is 127 Å². The Balaban J connectivity index is 1.37. The minimum absolute atomic E-state index is 0.248. The fraction of sp³-hybridized carbons (Fsp3) is 0.100. The Kier molecular flexibility index (Phi) is 6.97. The smallest absolute Gasteiger partial charge is 0.257 e. The number of aromatic nitrogens is 5. The van der Waals surface area contributed by atoms with Crippen molar-refractivity contribution in [2.24, 2.45) is 0 Å². The molecule has 1 amide bonds. The van der Waals surface area contributed by atoms with Gasteiger partial charge >= 0.3 is 0 Å². The first-order valence-electron chi connectivity index (χ1n) is 12.6. The molecule has 0 saturated carbocycles. The predicted molar refractivity (Wildman–Crippen MR) is 154 cm³/mol. The summed E-state index contributed by atoms with van der Waals surface area (Å²) in [6.45, 7) is 0.912. The van der Waals surface area contributed by atoms with Gasteiger partial charge in [-0.25, -0.2) is 9.97 Å². The second-order valence-corrected chi connectivity index (χ2v) is 8.99. The second kappa shape index (κ2) is 11.2. The van der Waals surface area contributed by atoms with Crippen LogP contribution in [0.3, 0.4) is 0 Å². The molecule has 0 bridgehead atoms. The maximum Gasteiger partial charge on any atom is 0.257 e. The molecule has 0 aliphatic heterocycles. The third-order valence-electron chi connectivity index (χ3n) is 6.23. The zero-order valence-corrected chi connectivity index (χ0v) is 21.6. The number of H-pyrrole nitrogens is 1. The van der Waals surface area contributed by atoms with Crippen molar-refractivity contribution >= 4 is 44.9 Å². The molecular weight excluding hydrogens is 506 g/mol. The first kappa shape index (κ1) is 25.0. The van der Waals surface area contributed by atoms with Crippen LogP contribution in [0.4, 0.5) is 17.2 Å². The molecule has 3 aromatic carbocycles. The van der Waals surface area contributed by atoms with E-state index in [4.69, 9.17) is 19.4 Å². The molecule has 6 rings (SSSR count). The number of anilines is 3. The molecule has 0 aliphatic rings. The van der Waals surface area contributed by atoms with Gasteiger partial charge in [-0.3, -0.25) is 14.9 Å². The van der Waals surface area contributed by atoms with Gasteiger partial charge in [0.1, 0.15) is 18.2 Å². The molecule has 0 saturated heterocycles. The molecule has 0 aliphatic carbocycles. The fourth-order valence-corrected chi connectivity index (χ4v) is 4.26. The van der Waals surface area contributed by atoms with Crippen molar-refractivity contribution in [2.75, 3.05) is 31.0 Å². The van der Waals surface area contributed by atoms with E-state index in [2.05, 4.69) is 25.8 Å². The summed E-state index contributed by atoms with van der Waals surface area (Å²) >= 11 is 0. The Morgan fingerprint density at radius 1 is 0.925 bits per heavy atom. The van der Waals surface area contributed by atoms with E-state index in [9.17, 15) is 4.79 Å². The molecule has 3 N–H and O–H groups in total. The van der Waals surface area contributed by atoms with Crippen molar-refractivity contribution in [3.8, 4) is 17.1 Å². The number of amides is 1. The lowest BCUT2D eigenvalue weighted by Gasteiger charge is -2.13. The molecule has 0 spiro atoms. The van der Waals surface area contributed by atoms with Crippen LogP contribution in [0.25, 0.3) is 33.2 Å². The Morgan fingerprint density at radius 3 is 2.75 bits per heavy atom. The maximum absolute atomic E-state index is 12.7. The Labute approximate surface area is 229 Å². The van der Waals surface area contributed by atoms with Gasteiger partial charge in [-0.05, 0) is 60.7 Å². The highest BCUT2D eigenvalue weighted by Crippen LogP contribution is 2.31. The van der Waals surface area contributed by atoms with Crippen LogP contribution in [0.2, 0.25) is 0 Å². The van der Waals surface area contributed by atoms with Crippen LogP contribution in [0, 0.1) is 0 Å². The minimum atomic E-state index is -0.248. The highest BCUT2D eigenvalue weighted by atomic mass is 16.5. The molecule has 6 aromatic rings. The molecule has 10 heteroatoms. The average Bonchev–Trinajstić information content (AvgIpc) is 3.46. The van der Waals surface area contributed by atoms with Crippen molar-refractivity contribution in [2.45, 2.75) is 0 Å². The Bertz CT molecular complexity index is 1800. The average molecular weight is 532 g/mol. The number of ether oxygens (including phenoxy) is 2. The number of nitrogens with one attached hydrogen (secondary N) is 3. The molecule has 0 atom stereocenters. The van der Waals surface area contributed by atoms with E-state index >= 15 is 0 Å². The summed E-state index contributed by atoms with van der Waals surface area (Å²) in [5, 5.41) is 15.2. The van der Waals surface area contributed by atoms with Gasteiger partial charge in [-0.15, -0.1) is 0 Å². The number of pyridine rings is 1. The largest absolute Gasteiger partial charge is 0.491 e. The van der Waals surface area contributed by atoms with E-state index in [1.807, 2.05) is 60.7 Å². The fourth-order valence-electron chi connectivity index (χ4n) is 4.26. The van der Waals surface area contributed by atoms with Gasteiger partial charge in [0.05, 0.1) is 29.4 Å². The number of benzene rings is 3. The first-order valence-corrected chi connectivity index (χ1v) is 12.6.